The Labute approximate surface area is 98.7 Å². The topological polar surface area (TPSA) is 60.2 Å². The van der Waals surface area contributed by atoms with Gasteiger partial charge >= 0.3 is 0 Å². The molecule has 0 aliphatic heterocycles. The van der Waals surface area contributed by atoms with Crippen molar-refractivity contribution in [2.75, 3.05) is 0 Å². The van der Waals surface area contributed by atoms with Crippen LogP contribution in [0.1, 0.15) is 51.9 Å². The predicted molar refractivity (Wildman–Crippen MR) is 66.0 cm³/mol. The molecule has 0 amide bonds. The highest BCUT2D eigenvalue weighted by atomic mass is 32.2. The van der Waals surface area contributed by atoms with Crippen LogP contribution in [-0.4, -0.2) is 25.0 Å². The molecule has 0 bridgehead atoms. The summed E-state index contributed by atoms with van der Waals surface area (Å²) in [4.78, 5) is 0. The van der Waals surface area contributed by atoms with Crippen molar-refractivity contribution in [1.29, 1.82) is 0 Å². The van der Waals surface area contributed by atoms with Gasteiger partial charge in [0.25, 0.3) is 0 Å². The second-order valence-electron chi connectivity index (χ2n) is 5.62. The molecular weight excluding hydrogens is 222 g/mol. The minimum absolute atomic E-state index is 0.0890. The Bertz CT molecular complexity index is 333. The second kappa shape index (κ2) is 4.65. The number of nitrogens with two attached hydrogens (primary N) is 1. The lowest BCUT2D eigenvalue weighted by Crippen LogP contribution is -2.47. The van der Waals surface area contributed by atoms with Gasteiger partial charge in [0, 0.05) is 6.04 Å². The molecule has 2 aliphatic rings. The highest BCUT2D eigenvalue weighted by Crippen LogP contribution is 2.34. The molecule has 0 spiro atoms. The maximum Gasteiger partial charge on any atom is 0.157 e. The molecule has 0 aromatic heterocycles. The summed E-state index contributed by atoms with van der Waals surface area (Å²) in [5.41, 5.74) is 6.02. The summed E-state index contributed by atoms with van der Waals surface area (Å²) in [6, 6.07) is -0.123. The van der Waals surface area contributed by atoms with Gasteiger partial charge < -0.3 is 5.73 Å². The molecule has 4 heteroatoms. The quantitative estimate of drug-likeness (QED) is 0.808. The largest absolute Gasteiger partial charge is 0.327 e. The first-order valence-corrected chi connectivity index (χ1v) is 8.11. The van der Waals surface area contributed by atoms with Crippen LogP contribution in [0.15, 0.2) is 0 Å². The van der Waals surface area contributed by atoms with Crippen LogP contribution in [0.3, 0.4) is 0 Å². The van der Waals surface area contributed by atoms with E-state index in [1.165, 1.54) is 0 Å². The molecule has 3 unspecified atom stereocenters. The van der Waals surface area contributed by atoms with Gasteiger partial charge in [-0.15, -0.1) is 0 Å². The Hall–Kier alpha value is -0.0900. The molecular formula is C12H23NO2S. The lowest BCUT2D eigenvalue weighted by atomic mass is 9.87. The van der Waals surface area contributed by atoms with E-state index in [4.69, 9.17) is 5.73 Å². The average molecular weight is 245 g/mol. The molecule has 0 radical (unpaired) electrons. The van der Waals surface area contributed by atoms with Gasteiger partial charge in [-0.3, -0.25) is 0 Å². The molecule has 16 heavy (non-hydrogen) atoms. The molecule has 0 aromatic carbocycles. The van der Waals surface area contributed by atoms with Crippen LogP contribution in [0.5, 0.6) is 0 Å². The van der Waals surface area contributed by atoms with E-state index in [0.717, 1.165) is 44.9 Å². The zero-order chi connectivity index (χ0) is 11.8. The Morgan fingerprint density at radius 1 is 1.06 bits per heavy atom. The fourth-order valence-electron chi connectivity index (χ4n) is 3.19. The van der Waals surface area contributed by atoms with E-state index in [1.54, 1.807) is 0 Å². The van der Waals surface area contributed by atoms with Crippen molar-refractivity contribution in [3.63, 3.8) is 0 Å². The Balaban J connectivity index is 2.14. The average Bonchev–Trinajstić information content (AvgIpc) is 2.75. The van der Waals surface area contributed by atoms with Crippen LogP contribution in [0.25, 0.3) is 0 Å². The van der Waals surface area contributed by atoms with Crippen molar-refractivity contribution in [2.45, 2.75) is 68.4 Å². The predicted octanol–water partition coefficient (Wildman–Crippen LogP) is 1.86. The number of hydrogen-bond donors (Lipinski definition) is 1. The third-order valence-corrected chi connectivity index (χ3v) is 7.08. The van der Waals surface area contributed by atoms with Crippen LogP contribution in [0, 0.1) is 5.92 Å². The minimum atomic E-state index is -2.97. The van der Waals surface area contributed by atoms with Gasteiger partial charge in [-0.25, -0.2) is 8.42 Å². The number of hydrogen-bond acceptors (Lipinski definition) is 3. The molecule has 2 saturated carbocycles. The van der Waals surface area contributed by atoms with E-state index < -0.39 is 9.84 Å². The second-order valence-corrected chi connectivity index (χ2v) is 8.07. The van der Waals surface area contributed by atoms with Crippen LogP contribution in [0.2, 0.25) is 0 Å². The first-order chi connectivity index (χ1) is 7.51. The van der Waals surface area contributed by atoms with E-state index in [-0.39, 0.29) is 16.5 Å². The van der Waals surface area contributed by atoms with Crippen molar-refractivity contribution in [3.05, 3.63) is 0 Å². The molecule has 3 atom stereocenters. The Kier molecular flexibility index (Phi) is 3.59. The molecule has 0 saturated heterocycles. The molecule has 2 aliphatic carbocycles. The van der Waals surface area contributed by atoms with Gasteiger partial charge in [0.15, 0.2) is 9.84 Å². The molecule has 2 N–H and O–H groups in total. The van der Waals surface area contributed by atoms with E-state index in [0.29, 0.717) is 5.92 Å². The van der Waals surface area contributed by atoms with E-state index in [2.05, 4.69) is 6.92 Å². The van der Waals surface area contributed by atoms with E-state index in [9.17, 15) is 8.42 Å². The number of rotatable bonds is 2. The summed E-state index contributed by atoms with van der Waals surface area (Å²) in [5.74, 6) is 0.515. The summed E-state index contributed by atoms with van der Waals surface area (Å²) >= 11 is 0. The number of sulfone groups is 1. The SMILES string of the molecule is CC1CCC(N)C(S(=O)(=O)C2CCCC2)C1. The van der Waals surface area contributed by atoms with E-state index in [1.807, 2.05) is 0 Å². The zero-order valence-electron chi connectivity index (χ0n) is 10.1. The summed E-state index contributed by atoms with van der Waals surface area (Å²) in [6.07, 6.45) is 6.60. The molecule has 2 fully saturated rings. The summed E-state index contributed by atoms with van der Waals surface area (Å²) < 4.78 is 24.9. The van der Waals surface area contributed by atoms with Gasteiger partial charge in [-0.2, -0.15) is 0 Å². The van der Waals surface area contributed by atoms with Crippen LogP contribution < -0.4 is 5.73 Å². The summed E-state index contributed by atoms with van der Waals surface area (Å²) in [7, 11) is -2.97. The van der Waals surface area contributed by atoms with Gasteiger partial charge in [0.05, 0.1) is 10.5 Å². The first kappa shape index (κ1) is 12.4. The first-order valence-electron chi connectivity index (χ1n) is 6.50. The normalized spacial score (nSPS) is 37.8. The van der Waals surface area contributed by atoms with Crippen molar-refractivity contribution >= 4 is 9.84 Å². The van der Waals surface area contributed by atoms with Gasteiger partial charge in [-0.05, 0) is 38.0 Å². The fraction of sp³-hybridized carbons (Fsp3) is 1.00. The van der Waals surface area contributed by atoms with E-state index >= 15 is 0 Å². The minimum Gasteiger partial charge on any atom is -0.327 e. The highest BCUT2D eigenvalue weighted by molar-refractivity contribution is 7.92. The van der Waals surface area contributed by atoms with Gasteiger partial charge in [0.2, 0.25) is 0 Å². The van der Waals surface area contributed by atoms with Crippen molar-refractivity contribution in [3.8, 4) is 0 Å². The smallest absolute Gasteiger partial charge is 0.157 e. The van der Waals surface area contributed by atoms with Crippen LogP contribution >= 0.6 is 0 Å². The summed E-state index contributed by atoms with van der Waals surface area (Å²) in [5, 5.41) is -0.354. The zero-order valence-corrected chi connectivity index (χ0v) is 10.9. The highest BCUT2D eigenvalue weighted by Gasteiger charge is 2.41. The van der Waals surface area contributed by atoms with Crippen LogP contribution in [0.4, 0.5) is 0 Å². The van der Waals surface area contributed by atoms with Gasteiger partial charge in [-0.1, -0.05) is 19.8 Å². The fourth-order valence-corrected chi connectivity index (χ4v) is 5.90. The monoisotopic (exact) mass is 245 g/mol. The third-order valence-electron chi connectivity index (χ3n) is 4.29. The summed E-state index contributed by atoms with van der Waals surface area (Å²) in [6.45, 7) is 2.14. The van der Waals surface area contributed by atoms with Crippen molar-refractivity contribution in [1.82, 2.24) is 0 Å². The maximum absolute atomic E-state index is 12.5. The molecule has 2 rings (SSSR count). The van der Waals surface area contributed by atoms with Gasteiger partial charge in [0.1, 0.15) is 0 Å². The van der Waals surface area contributed by atoms with Crippen molar-refractivity contribution in [2.24, 2.45) is 11.7 Å². The Morgan fingerprint density at radius 2 is 1.69 bits per heavy atom. The lowest BCUT2D eigenvalue weighted by molar-refractivity contribution is 0.345. The molecule has 94 valence electrons. The molecule has 3 nitrogen and oxygen atoms in total. The molecule has 0 aromatic rings. The Morgan fingerprint density at radius 3 is 2.31 bits per heavy atom. The van der Waals surface area contributed by atoms with Crippen molar-refractivity contribution < 1.29 is 8.42 Å². The lowest BCUT2D eigenvalue weighted by Gasteiger charge is -2.33. The molecule has 0 heterocycles. The third kappa shape index (κ3) is 2.28. The maximum atomic E-state index is 12.5. The standard InChI is InChI=1S/C12H23NO2S/c1-9-6-7-11(13)12(8-9)16(14,15)10-4-2-3-5-10/h9-12H,2-8,13H2,1H3. The van der Waals surface area contributed by atoms with Crippen LogP contribution in [-0.2, 0) is 9.84 Å².